The Hall–Kier alpha value is 0.250. The van der Waals surface area contributed by atoms with E-state index in [9.17, 15) is 0 Å². The predicted molar refractivity (Wildman–Crippen MR) is 36.4 cm³/mol. The first-order valence-corrected chi connectivity index (χ1v) is 3.64. The third-order valence-corrected chi connectivity index (χ3v) is 1.78. The lowest BCUT2D eigenvalue weighted by molar-refractivity contribution is 0.345. The highest BCUT2D eigenvalue weighted by atomic mass is 35.5. The lowest BCUT2D eigenvalue weighted by Crippen LogP contribution is -2.22. The van der Waals surface area contributed by atoms with Crippen molar-refractivity contribution in [2.75, 3.05) is 19.5 Å². The van der Waals surface area contributed by atoms with Gasteiger partial charge in [-0.05, 0) is 19.9 Å². The van der Waals surface area contributed by atoms with Crippen LogP contribution in [0.2, 0.25) is 0 Å². The molecule has 0 aromatic rings. The lowest BCUT2D eigenvalue weighted by atomic mass is 10.5. The van der Waals surface area contributed by atoms with E-state index in [0.717, 1.165) is 18.5 Å². The fourth-order valence-electron chi connectivity index (χ4n) is 0.831. The first kappa shape index (κ1) is 6.37. The Labute approximate surface area is 55.6 Å². The molecule has 0 bridgehead atoms. The quantitative estimate of drug-likeness (QED) is 0.525. The van der Waals surface area contributed by atoms with Crippen molar-refractivity contribution in [1.82, 2.24) is 4.90 Å². The SMILES string of the molecule is CN(CCCl)C1CC1. The number of nitrogens with zero attached hydrogens (tertiary/aromatic N) is 1. The second kappa shape index (κ2) is 2.70. The van der Waals surface area contributed by atoms with Gasteiger partial charge in [0.1, 0.15) is 0 Å². The minimum Gasteiger partial charge on any atom is -0.302 e. The van der Waals surface area contributed by atoms with E-state index < -0.39 is 0 Å². The zero-order valence-corrected chi connectivity index (χ0v) is 5.99. The van der Waals surface area contributed by atoms with Crippen LogP contribution in [-0.4, -0.2) is 30.4 Å². The molecular formula is C6H12ClN. The van der Waals surface area contributed by atoms with Crippen molar-refractivity contribution < 1.29 is 0 Å². The van der Waals surface area contributed by atoms with Crippen molar-refractivity contribution in [3.8, 4) is 0 Å². The molecule has 1 rings (SSSR count). The van der Waals surface area contributed by atoms with E-state index in [1.807, 2.05) is 0 Å². The van der Waals surface area contributed by atoms with Crippen molar-refractivity contribution in [3.63, 3.8) is 0 Å². The summed E-state index contributed by atoms with van der Waals surface area (Å²) in [4.78, 5) is 2.33. The highest BCUT2D eigenvalue weighted by Gasteiger charge is 2.24. The zero-order valence-electron chi connectivity index (χ0n) is 5.23. The Morgan fingerprint density at radius 2 is 2.25 bits per heavy atom. The first-order valence-electron chi connectivity index (χ1n) is 3.11. The average molecular weight is 134 g/mol. The molecule has 1 aliphatic rings. The third-order valence-electron chi connectivity index (χ3n) is 1.61. The van der Waals surface area contributed by atoms with Crippen LogP contribution in [-0.2, 0) is 0 Å². The maximum Gasteiger partial charge on any atom is 0.0351 e. The molecule has 0 atom stereocenters. The molecule has 2 heteroatoms. The number of halogens is 1. The highest BCUT2D eigenvalue weighted by molar-refractivity contribution is 6.18. The van der Waals surface area contributed by atoms with Crippen LogP contribution >= 0.6 is 11.6 Å². The van der Waals surface area contributed by atoms with Gasteiger partial charge in [0.05, 0.1) is 0 Å². The smallest absolute Gasteiger partial charge is 0.0351 e. The van der Waals surface area contributed by atoms with Gasteiger partial charge in [0, 0.05) is 18.5 Å². The van der Waals surface area contributed by atoms with Crippen LogP contribution in [0.15, 0.2) is 0 Å². The van der Waals surface area contributed by atoms with E-state index in [-0.39, 0.29) is 0 Å². The van der Waals surface area contributed by atoms with Gasteiger partial charge in [-0.3, -0.25) is 0 Å². The van der Waals surface area contributed by atoms with Crippen LogP contribution < -0.4 is 0 Å². The number of hydrogen-bond acceptors (Lipinski definition) is 1. The van der Waals surface area contributed by atoms with E-state index in [2.05, 4.69) is 11.9 Å². The summed E-state index contributed by atoms with van der Waals surface area (Å²) < 4.78 is 0. The Kier molecular flexibility index (Phi) is 2.15. The van der Waals surface area contributed by atoms with Gasteiger partial charge in [-0.1, -0.05) is 0 Å². The van der Waals surface area contributed by atoms with Gasteiger partial charge in [-0.2, -0.15) is 0 Å². The Morgan fingerprint density at radius 3 is 2.62 bits per heavy atom. The monoisotopic (exact) mass is 133 g/mol. The molecule has 48 valence electrons. The Balaban J connectivity index is 2.03. The molecule has 0 amide bonds. The molecule has 0 radical (unpaired) electrons. The number of rotatable bonds is 3. The summed E-state index contributed by atoms with van der Waals surface area (Å²) in [5.74, 6) is 0.771. The van der Waals surface area contributed by atoms with Gasteiger partial charge in [0.15, 0.2) is 0 Å². The van der Waals surface area contributed by atoms with Crippen molar-refractivity contribution in [3.05, 3.63) is 0 Å². The predicted octanol–water partition coefficient (Wildman–Crippen LogP) is 1.32. The fraction of sp³-hybridized carbons (Fsp3) is 1.00. The standard InChI is InChI=1S/C6H12ClN/c1-8(5-4-7)6-2-3-6/h6H,2-5H2,1H3. The molecule has 1 nitrogen and oxygen atoms in total. The van der Waals surface area contributed by atoms with Gasteiger partial charge in [0.25, 0.3) is 0 Å². The Morgan fingerprint density at radius 1 is 1.62 bits per heavy atom. The second-order valence-electron chi connectivity index (χ2n) is 2.40. The first-order chi connectivity index (χ1) is 3.84. The Bertz CT molecular complexity index is 70.9. The molecule has 0 N–H and O–H groups in total. The van der Waals surface area contributed by atoms with E-state index in [1.165, 1.54) is 12.8 Å². The maximum absolute atomic E-state index is 5.53. The van der Waals surface area contributed by atoms with Crippen LogP contribution in [0.25, 0.3) is 0 Å². The zero-order chi connectivity index (χ0) is 5.98. The van der Waals surface area contributed by atoms with Crippen LogP contribution in [0.3, 0.4) is 0 Å². The molecule has 0 spiro atoms. The van der Waals surface area contributed by atoms with E-state index in [0.29, 0.717) is 0 Å². The van der Waals surface area contributed by atoms with Crippen molar-refractivity contribution in [2.24, 2.45) is 0 Å². The average Bonchev–Trinajstić information content (AvgIpc) is 2.45. The van der Waals surface area contributed by atoms with Crippen LogP contribution in [0.5, 0.6) is 0 Å². The maximum atomic E-state index is 5.53. The molecule has 0 aromatic carbocycles. The molecule has 1 aliphatic carbocycles. The third kappa shape index (κ3) is 1.64. The van der Waals surface area contributed by atoms with Gasteiger partial charge >= 0.3 is 0 Å². The molecule has 1 saturated carbocycles. The van der Waals surface area contributed by atoms with E-state index in [4.69, 9.17) is 11.6 Å². The second-order valence-corrected chi connectivity index (χ2v) is 2.78. The van der Waals surface area contributed by atoms with Crippen LogP contribution in [0.4, 0.5) is 0 Å². The van der Waals surface area contributed by atoms with E-state index >= 15 is 0 Å². The normalized spacial score (nSPS) is 19.9. The van der Waals surface area contributed by atoms with Gasteiger partial charge in [0.2, 0.25) is 0 Å². The highest BCUT2D eigenvalue weighted by Crippen LogP contribution is 2.24. The van der Waals surface area contributed by atoms with Crippen molar-refractivity contribution >= 4 is 11.6 Å². The lowest BCUT2D eigenvalue weighted by Gasteiger charge is -2.11. The summed E-state index contributed by atoms with van der Waals surface area (Å²) in [6.45, 7) is 1.05. The molecule has 0 aliphatic heterocycles. The molecule has 0 unspecified atom stereocenters. The summed E-state index contributed by atoms with van der Waals surface area (Å²) in [5, 5.41) is 0. The van der Waals surface area contributed by atoms with E-state index in [1.54, 1.807) is 0 Å². The molecular weight excluding hydrogens is 122 g/mol. The number of alkyl halides is 1. The summed E-state index contributed by atoms with van der Waals surface area (Å²) >= 11 is 5.53. The van der Waals surface area contributed by atoms with Gasteiger partial charge in [-0.25, -0.2) is 0 Å². The number of hydrogen-bond donors (Lipinski definition) is 0. The largest absolute Gasteiger partial charge is 0.302 e. The summed E-state index contributed by atoms with van der Waals surface area (Å²) in [5.41, 5.74) is 0. The fourth-order valence-corrected chi connectivity index (χ4v) is 1.10. The summed E-state index contributed by atoms with van der Waals surface area (Å²) in [7, 11) is 2.14. The topological polar surface area (TPSA) is 3.24 Å². The minimum atomic E-state index is 0.771. The molecule has 0 heterocycles. The molecule has 1 fully saturated rings. The van der Waals surface area contributed by atoms with Crippen LogP contribution in [0, 0.1) is 0 Å². The molecule has 0 aromatic heterocycles. The van der Waals surface area contributed by atoms with Gasteiger partial charge in [-0.15, -0.1) is 11.6 Å². The van der Waals surface area contributed by atoms with Gasteiger partial charge < -0.3 is 4.90 Å². The molecule has 8 heavy (non-hydrogen) atoms. The van der Waals surface area contributed by atoms with Crippen molar-refractivity contribution in [1.29, 1.82) is 0 Å². The summed E-state index contributed by atoms with van der Waals surface area (Å²) in [6.07, 6.45) is 2.76. The van der Waals surface area contributed by atoms with Crippen molar-refractivity contribution in [2.45, 2.75) is 18.9 Å². The molecule has 0 saturated heterocycles. The minimum absolute atomic E-state index is 0.771. The van der Waals surface area contributed by atoms with Crippen LogP contribution in [0.1, 0.15) is 12.8 Å². The summed E-state index contributed by atoms with van der Waals surface area (Å²) in [6, 6.07) is 0.869.